The molecule has 0 unspecified atom stereocenters. The Labute approximate surface area is 121 Å². The minimum absolute atomic E-state index is 0.136. The Morgan fingerprint density at radius 1 is 1.10 bits per heavy atom. The summed E-state index contributed by atoms with van der Waals surface area (Å²) < 4.78 is 0. The molecule has 0 atom stereocenters. The number of rotatable bonds is 4. The lowest BCUT2D eigenvalue weighted by Gasteiger charge is -2.04. The van der Waals surface area contributed by atoms with E-state index in [4.69, 9.17) is 0 Å². The summed E-state index contributed by atoms with van der Waals surface area (Å²) in [4.78, 5) is 29.1. The molecular weight excluding hydrogens is 266 g/mol. The van der Waals surface area contributed by atoms with E-state index in [-0.39, 0.29) is 17.0 Å². The molecule has 0 bridgehead atoms. The van der Waals surface area contributed by atoms with E-state index in [1.54, 1.807) is 6.07 Å². The smallest absolute Gasteiger partial charge is 0.260 e. The van der Waals surface area contributed by atoms with E-state index in [0.29, 0.717) is 13.0 Å². The average molecular weight is 281 g/mol. The van der Waals surface area contributed by atoms with Crippen LogP contribution in [0, 0.1) is 0 Å². The van der Waals surface area contributed by atoms with Gasteiger partial charge in [-0.15, -0.1) is 0 Å². The molecule has 1 amide bonds. The molecule has 0 aliphatic rings. The molecule has 0 radical (unpaired) electrons. The summed E-state index contributed by atoms with van der Waals surface area (Å²) in [6.07, 6.45) is 4.16. The first kappa shape index (κ1) is 13.2. The van der Waals surface area contributed by atoms with Crippen LogP contribution in [0.1, 0.15) is 15.9 Å². The van der Waals surface area contributed by atoms with Crippen LogP contribution in [0.2, 0.25) is 0 Å². The molecule has 5 heteroatoms. The molecule has 0 aliphatic heterocycles. The summed E-state index contributed by atoms with van der Waals surface area (Å²) in [6.45, 7) is 0.481. The topological polar surface area (TPSA) is 77.8 Å². The number of hydrogen-bond acceptors (Lipinski definition) is 2. The zero-order valence-electron chi connectivity index (χ0n) is 11.3. The molecule has 0 spiro atoms. The molecule has 0 aliphatic carbocycles. The SMILES string of the molecule is O=C(NCCc1c[nH]c2ccccc12)c1ccc[nH]c1=O. The third-order valence-electron chi connectivity index (χ3n) is 3.42. The third-order valence-corrected chi connectivity index (χ3v) is 3.42. The molecule has 0 saturated carbocycles. The maximum absolute atomic E-state index is 11.9. The van der Waals surface area contributed by atoms with Gasteiger partial charge < -0.3 is 15.3 Å². The zero-order chi connectivity index (χ0) is 14.7. The van der Waals surface area contributed by atoms with Crippen molar-refractivity contribution in [3.8, 4) is 0 Å². The third kappa shape index (κ3) is 2.72. The standard InChI is InChI=1S/C16H15N3O2/c20-15-13(5-3-8-17-15)16(21)18-9-7-11-10-19-14-6-2-1-4-12(11)14/h1-6,8,10,19H,7,9H2,(H,17,20)(H,18,21). The molecular formula is C16H15N3O2. The number of carbonyl (C=O) groups is 1. The van der Waals surface area contributed by atoms with E-state index in [0.717, 1.165) is 16.5 Å². The second-order valence-corrected chi connectivity index (χ2v) is 4.78. The van der Waals surface area contributed by atoms with E-state index in [1.165, 1.54) is 12.3 Å². The fourth-order valence-electron chi connectivity index (χ4n) is 2.34. The van der Waals surface area contributed by atoms with Crippen molar-refractivity contribution in [2.75, 3.05) is 6.54 Å². The molecule has 3 N–H and O–H groups in total. The highest BCUT2D eigenvalue weighted by atomic mass is 16.2. The average Bonchev–Trinajstić information content (AvgIpc) is 2.91. The van der Waals surface area contributed by atoms with Gasteiger partial charge in [0.05, 0.1) is 0 Å². The van der Waals surface area contributed by atoms with Crippen molar-refractivity contribution in [3.63, 3.8) is 0 Å². The van der Waals surface area contributed by atoms with E-state index in [2.05, 4.69) is 15.3 Å². The molecule has 3 aromatic rings. The largest absolute Gasteiger partial charge is 0.361 e. The van der Waals surface area contributed by atoms with Crippen molar-refractivity contribution in [3.05, 3.63) is 70.3 Å². The van der Waals surface area contributed by atoms with Crippen molar-refractivity contribution in [1.82, 2.24) is 15.3 Å². The Bertz CT molecular complexity index is 832. The van der Waals surface area contributed by atoms with Gasteiger partial charge in [-0.05, 0) is 30.2 Å². The Morgan fingerprint density at radius 3 is 2.81 bits per heavy atom. The summed E-state index contributed by atoms with van der Waals surface area (Å²) in [6, 6.07) is 11.2. The summed E-state index contributed by atoms with van der Waals surface area (Å²) in [7, 11) is 0. The minimum Gasteiger partial charge on any atom is -0.361 e. The van der Waals surface area contributed by atoms with Gasteiger partial charge in [0.2, 0.25) is 0 Å². The summed E-state index contributed by atoms with van der Waals surface area (Å²) in [5.41, 5.74) is 1.99. The minimum atomic E-state index is -0.373. The predicted molar refractivity (Wildman–Crippen MR) is 81.4 cm³/mol. The van der Waals surface area contributed by atoms with Crippen molar-refractivity contribution in [2.24, 2.45) is 0 Å². The number of hydrogen-bond donors (Lipinski definition) is 3. The lowest BCUT2D eigenvalue weighted by atomic mass is 10.1. The summed E-state index contributed by atoms with van der Waals surface area (Å²) >= 11 is 0. The summed E-state index contributed by atoms with van der Waals surface area (Å²) in [5, 5.41) is 3.93. The monoisotopic (exact) mass is 281 g/mol. The van der Waals surface area contributed by atoms with Gasteiger partial charge in [0.1, 0.15) is 5.56 Å². The number of aromatic nitrogens is 2. The Hall–Kier alpha value is -2.82. The van der Waals surface area contributed by atoms with Gasteiger partial charge in [0, 0.05) is 29.8 Å². The molecule has 2 aromatic heterocycles. The Balaban J connectivity index is 1.65. The van der Waals surface area contributed by atoms with Crippen LogP contribution in [-0.2, 0) is 6.42 Å². The quantitative estimate of drug-likeness (QED) is 0.682. The highest BCUT2D eigenvalue weighted by molar-refractivity contribution is 5.93. The molecule has 3 rings (SSSR count). The van der Waals surface area contributed by atoms with Gasteiger partial charge in [-0.25, -0.2) is 0 Å². The van der Waals surface area contributed by atoms with E-state index < -0.39 is 0 Å². The Morgan fingerprint density at radius 2 is 1.95 bits per heavy atom. The van der Waals surface area contributed by atoms with Crippen molar-refractivity contribution in [1.29, 1.82) is 0 Å². The second-order valence-electron chi connectivity index (χ2n) is 4.78. The van der Waals surface area contributed by atoms with E-state index >= 15 is 0 Å². The zero-order valence-corrected chi connectivity index (χ0v) is 11.3. The lowest BCUT2D eigenvalue weighted by Crippen LogP contribution is -2.30. The number of fused-ring (bicyclic) bond motifs is 1. The fraction of sp³-hybridized carbons (Fsp3) is 0.125. The molecule has 1 aromatic carbocycles. The number of nitrogens with one attached hydrogen (secondary N) is 3. The maximum Gasteiger partial charge on any atom is 0.260 e. The lowest BCUT2D eigenvalue weighted by molar-refractivity contribution is 0.0952. The van der Waals surface area contributed by atoms with Crippen LogP contribution in [0.15, 0.2) is 53.6 Å². The molecule has 0 fully saturated rings. The molecule has 21 heavy (non-hydrogen) atoms. The van der Waals surface area contributed by atoms with Crippen LogP contribution in [0.5, 0.6) is 0 Å². The molecule has 2 heterocycles. The highest BCUT2D eigenvalue weighted by Gasteiger charge is 2.09. The van der Waals surface area contributed by atoms with Crippen LogP contribution in [0.3, 0.4) is 0 Å². The van der Waals surface area contributed by atoms with E-state index in [9.17, 15) is 9.59 Å². The number of aromatic amines is 2. The number of amides is 1. The van der Waals surface area contributed by atoms with Crippen molar-refractivity contribution in [2.45, 2.75) is 6.42 Å². The molecule has 0 saturated heterocycles. The van der Waals surface area contributed by atoms with Crippen molar-refractivity contribution >= 4 is 16.8 Å². The van der Waals surface area contributed by atoms with Crippen LogP contribution in [0.4, 0.5) is 0 Å². The predicted octanol–water partition coefficient (Wildman–Crippen LogP) is 1.83. The van der Waals surface area contributed by atoms with Crippen LogP contribution < -0.4 is 10.9 Å². The number of benzene rings is 1. The number of carbonyl (C=O) groups excluding carboxylic acids is 1. The van der Waals surface area contributed by atoms with Gasteiger partial charge in [-0.2, -0.15) is 0 Å². The second kappa shape index (κ2) is 5.66. The number of para-hydroxylation sites is 1. The molecule has 106 valence electrons. The van der Waals surface area contributed by atoms with Crippen molar-refractivity contribution < 1.29 is 4.79 Å². The maximum atomic E-state index is 11.9. The summed E-state index contributed by atoms with van der Waals surface area (Å²) in [5.74, 6) is -0.350. The van der Waals surface area contributed by atoms with Gasteiger partial charge in [-0.3, -0.25) is 9.59 Å². The first-order chi connectivity index (χ1) is 10.3. The first-order valence-electron chi connectivity index (χ1n) is 6.76. The van der Waals surface area contributed by atoms with Crippen LogP contribution in [0.25, 0.3) is 10.9 Å². The van der Waals surface area contributed by atoms with Gasteiger partial charge in [-0.1, -0.05) is 18.2 Å². The van der Waals surface area contributed by atoms with Crippen LogP contribution in [-0.4, -0.2) is 22.4 Å². The van der Waals surface area contributed by atoms with Gasteiger partial charge in [0.15, 0.2) is 0 Å². The highest BCUT2D eigenvalue weighted by Crippen LogP contribution is 2.17. The molecule has 5 nitrogen and oxygen atoms in total. The van der Waals surface area contributed by atoms with Gasteiger partial charge >= 0.3 is 0 Å². The number of H-pyrrole nitrogens is 2. The number of pyridine rings is 1. The van der Waals surface area contributed by atoms with Gasteiger partial charge in [0.25, 0.3) is 11.5 Å². The Kier molecular flexibility index (Phi) is 3.55. The van der Waals surface area contributed by atoms with E-state index in [1.807, 2.05) is 30.5 Å². The fourth-order valence-corrected chi connectivity index (χ4v) is 2.34. The van der Waals surface area contributed by atoms with Crippen LogP contribution >= 0.6 is 0 Å². The first-order valence-corrected chi connectivity index (χ1v) is 6.76. The normalized spacial score (nSPS) is 10.7.